The number of hydrogen-bond acceptors (Lipinski definition) is 6. The summed E-state index contributed by atoms with van der Waals surface area (Å²) in [5, 5.41) is 2.53. The minimum atomic E-state index is -0.401. The molecule has 0 saturated carbocycles. The van der Waals surface area contributed by atoms with Crippen LogP contribution >= 0.6 is 0 Å². The number of rotatable bonds is 4. The zero-order chi connectivity index (χ0) is 13.8. The molecule has 0 aliphatic carbocycles. The maximum absolute atomic E-state index is 11.9. The van der Waals surface area contributed by atoms with Gasteiger partial charge in [0.05, 0.1) is 18.6 Å². The predicted octanol–water partition coefficient (Wildman–Crippen LogP) is 1.35. The van der Waals surface area contributed by atoms with Crippen LogP contribution in [0.5, 0.6) is 0 Å². The van der Waals surface area contributed by atoms with Crippen molar-refractivity contribution in [3.05, 3.63) is 30.0 Å². The molecule has 0 fully saturated rings. The molecule has 7 heteroatoms. The summed E-state index contributed by atoms with van der Waals surface area (Å²) >= 11 is 0. The molecule has 0 spiro atoms. The maximum Gasteiger partial charge on any atom is 0.301 e. The minimum absolute atomic E-state index is 0.167. The van der Waals surface area contributed by atoms with Crippen LogP contribution in [-0.4, -0.2) is 35.0 Å². The van der Waals surface area contributed by atoms with Gasteiger partial charge < -0.3 is 9.32 Å². The highest BCUT2D eigenvalue weighted by Gasteiger charge is 2.12. The molecule has 100 valence electrons. The summed E-state index contributed by atoms with van der Waals surface area (Å²) in [4.78, 5) is 25.8. The topological polar surface area (TPSA) is 84.2 Å². The van der Waals surface area contributed by atoms with Gasteiger partial charge in [-0.1, -0.05) is 6.92 Å². The smallest absolute Gasteiger partial charge is 0.301 e. The molecule has 0 aromatic carbocycles. The lowest BCUT2D eigenvalue weighted by atomic mass is 10.4. The molecule has 0 saturated heterocycles. The van der Waals surface area contributed by atoms with Crippen LogP contribution in [0.4, 0.5) is 11.8 Å². The Morgan fingerprint density at radius 2 is 2.05 bits per heavy atom. The molecule has 2 rings (SSSR count). The Morgan fingerprint density at radius 3 is 2.58 bits per heavy atom. The van der Waals surface area contributed by atoms with Crippen molar-refractivity contribution in [3.63, 3.8) is 0 Å². The van der Waals surface area contributed by atoms with E-state index in [2.05, 4.69) is 20.3 Å². The summed E-state index contributed by atoms with van der Waals surface area (Å²) in [6.07, 6.45) is 5.24. The summed E-state index contributed by atoms with van der Waals surface area (Å²) in [5.74, 6) is 0.993. The van der Waals surface area contributed by atoms with E-state index in [9.17, 15) is 4.79 Å². The average Bonchev–Trinajstić information content (AvgIpc) is 2.86. The fourth-order valence-electron chi connectivity index (χ4n) is 1.36. The average molecular weight is 261 g/mol. The van der Waals surface area contributed by atoms with Crippen LogP contribution in [0.25, 0.3) is 0 Å². The molecule has 19 heavy (non-hydrogen) atoms. The Hall–Kier alpha value is -2.44. The summed E-state index contributed by atoms with van der Waals surface area (Å²) in [6.45, 7) is 1.94. The van der Waals surface area contributed by atoms with Crippen molar-refractivity contribution in [2.45, 2.75) is 13.3 Å². The second-order valence-electron chi connectivity index (χ2n) is 4.09. The van der Waals surface area contributed by atoms with E-state index in [4.69, 9.17) is 4.42 Å². The van der Waals surface area contributed by atoms with E-state index in [0.717, 1.165) is 6.42 Å². The number of anilines is 2. The molecule has 0 unspecified atom stereocenters. The summed E-state index contributed by atoms with van der Waals surface area (Å²) in [7, 11) is 3.70. The Bertz CT molecular complexity index is 562. The van der Waals surface area contributed by atoms with Crippen molar-refractivity contribution in [1.29, 1.82) is 0 Å². The van der Waals surface area contributed by atoms with Gasteiger partial charge in [-0.3, -0.25) is 10.1 Å². The van der Waals surface area contributed by atoms with Crippen LogP contribution in [0, 0.1) is 0 Å². The lowest BCUT2D eigenvalue weighted by Gasteiger charge is -2.09. The number of aromatic nitrogens is 3. The van der Waals surface area contributed by atoms with E-state index >= 15 is 0 Å². The molecule has 2 aromatic rings. The first-order chi connectivity index (χ1) is 9.10. The largest absolute Gasteiger partial charge is 0.428 e. The number of nitrogens with zero attached hydrogens (tertiary/aromatic N) is 4. The van der Waals surface area contributed by atoms with Gasteiger partial charge in [0.15, 0.2) is 0 Å². The molecule has 2 heterocycles. The number of nitrogens with one attached hydrogen (secondary N) is 1. The Labute approximate surface area is 110 Å². The van der Waals surface area contributed by atoms with Gasteiger partial charge in [0.25, 0.3) is 5.91 Å². The summed E-state index contributed by atoms with van der Waals surface area (Å²) in [5.41, 5.74) is 0.210. The first-order valence-electron chi connectivity index (χ1n) is 5.85. The first kappa shape index (κ1) is 13.0. The third-order valence-electron chi connectivity index (χ3n) is 2.45. The highest BCUT2D eigenvalue weighted by molar-refractivity contribution is 6.01. The fraction of sp³-hybridized carbons (Fsp3) is 0.333. The van der Waals surface area contributed by atoms with Gasteiger partial charge in [-0.2, -0.15) is 0 Å². The van der Waals surface area contributed by atoms with E-state index in [0.29, 0.717) is 11.6 Å². The van der Waals surface area contributed by atoms with E-state index in [1.165, 1.54) is 12.4 Å². The van der Waals surface area contributed by atoms with Gasteiger partial charge in [0.1, 0.15) is 17.3 Å². The quantitative estimate of drug-likeness (QED) is 0.894. The summed E-state index contributed by atoms with van der Waals surface area (Å²) in [6, 6.07) is 0.167. The van der Waals surface area contributed by atoms with Crippen LogP contribution in [0.1, 0.15) is 23.2 Å². The van der Waals surface area contributed by atoms with Crippen molar-refractivity contribution in [1.82, 2.24) is 15.0 Å². The van der Waals surface area contributed by atoms with E-state index in [1.807, 2.05) is 21.0 Å². The van der Waals surface area contributed by atoms with Gasteiger partial charge in [-0.15, -0.1) is 0 Å². The van der Waals surface area contributed by atoms with Crippen LogP contribution in [-0.2, 0) is 6.42 Å². The molecule has 0 aliphatic rings. The lowest BCUT2D eigenvalue weighted by Crippen LogP contribution is -2.16. The zero-order valence-corrected chi connectivity index (χ0v) is 11.0. The number of aryl methyl sites for hydroxylation is 1. The van der Waals surface area contributed by atoms with Crippen molar-refractivity contribution in [2.75, 3.05) is 24.3 Å². The van der Waals surface area contributed by atoms with Gasteiger partial charge in [-0.25, -0.2) is 15.0 Å². The second kappa shape index (κ2) is 5.47. The summed E-state index contributed by atoms with van der Waals surface area (Å²) < 4.78 is 5.29. The van der Waals surface area contributed by atoms with Crippen molar-refractivity contribution < 1.29 is 9.21 Å². The number of amides is 1. The number of oxazole rings is 1. The van der Waals surface area contributed by atoms with Crippen LogP contribution in [0.3, 0.4) is 0 Å². The van der Waals surface area contributed by atoms with E-state index in [-0.39, 0.29) is 11.7 Å². The number of carbonyl (C=O) groups is 1. The second-order valence-corrected chi connectivity index (χ2v) is 4.09. The third kappa shape index (κ3) is 3.06. The SMILES string of the molecule is CCc1cnc(NC(=O)c2cnc(N(C)C)cn2)o1. The van der Waals surface area contributed by atoms with E-state index < -0.39 is 5.91 Å². The van der Waals surface area contributed by atoms with Gasteiger partial charge in [-0.05, 0) is 0 Å². The van der Waals surface area contributed by atoms with Crippen LogP contribution in [0.15, 0.2) is 23.0 Å². The van der Waals surface area contributed by atoms with Crippen LogP contribution < -0.4 is 10.2 Å². The fourth-order valence-corrected chi connectivity index (χ4v) is 1.36. The van der Waals surface area contributed by atoms with Crippen LogP contribution in [0.2, 0.25) is 0 Å². The standard InChI is InChI=1S/C12H15N5O2/c1-4-8-5-15-12(19-8)16-11(18)9-6-14-10(7-13-9)17(2)3/h5-7H,4H2,1-3H3,(H,15,16,18). The Kier molecular flexibility index (Phi) is 3.74. The molecule has 0 atom stereocenters. The monoisotopic (exact) mass is 261 g/mol. The Morgan fingerprint density at radius 1 is 1.26 bits per heavy atom. The zero-order valence-electron chi connectivity index (χ0n) is 11.0. The highest BCUT2D eigenvalue weighted by Crippen LogP contribution is 2.11. The molecule has 7 nitrogen and oxygen atoms in total. The third-order valence-corrected chi connectivity index (χ3v) is 2.45. The van der Waals surface area contributed by atoms with Crippen molar-refractivity contribution in [3.8, 4) is 0 Å². The first-order valence-corrected chi connectivity index (χ1v) is 5.85. The normalized spacial score (nSPS) is 10.3. The maximum atomic E-state index is 11.9. The van der Waals surface area contributed by atoms with Gasteiger partial charge in [0.2, 0.25) is 0 Å². The number of carbonyl (C=O) groups excluding carboxylic acids is 1. The van der Waals surface area contributed by atoms with Crippen molar-refractivity contribution in [2.24, 2.45) is 0 Å². The lowest BCUT2D eigenvalue weighted by molar-refractivity contribution is 0.101. The molecule has 0 aliphatic heterocycles. The predicted molar refractivity (Wildman–Crippen MR) is 70.2 cm³/mol. The minimum Gasteiger partial charge on any atom is -0.428 e. The molecule has 0 radical (unpaired) electrons. The van der Waals surface area contributed by atoms with Crippen molar-refractivity contribution >= 4 is 17.7 Å². The number of hydrogen-bond donors (Lipinski definition) is 1. The molecule has 1 N–H and O–H groups in total. The Balaban J connectivity index is 2.07. The molecule has 2 aromatic heterocycles. The molecular weight excluding hydrogens is 246 g/mol. The molecular formula is C12H15N5O2. The highest BCUT2D eigenvalue weighted by atomic mass is 16.4. The molecule has 0 bridgehead atoms. The van der Waals surface area contributed by atoms with Gasteiger partial charge >= 0.3 is 6.01 Å². The molecule has 1 amide bonds. The van der Waals surface area contributed by atoms with Gasteiger partial charge in [0, 0.05) is 20.5 Å². The van der Waals surface area contributed by atoms with E-state index in [1.54, 1.807) is 11.1 Å².